The summed E-state index contributed by atoms with van der Waals surface area (Å²) in [6, 6.07) is 11.6. The second-order valence-corrected chi connectivity index (χ2v) is 8.49. The first-order chi connectivity index (χ1) is 15.2. The molecule has 0 bridgehead atoms. The number of hydrogen-bond acceptors (Lipinski definition) is 4. The van der Waals surface area contributed by atoms with E-state index in [-0.39, 0.29) is 10.7 Å². The second-order valence-electron chi connectivity index (χ2n) is 8.10. The molecular formula is C25H24N4O2S. The molecule has 1 fully saturated rings. The topological polar surface area (TPSA) is 67.2 Å². The smallest absolute Gasteiger partial charge is 0.270 e. The van der Waals surface area contributed by atoms with Gasteiger partial charge in [0.05, 0.1) is 5.69 Å². The molecule has 2 amide bonds. The van der Waals surface area contributed by atoms with Crippen LogP contribution in [0, 0.1) is 34.6 Å². The summed E-state index contributed by atoms with van der Waals surface area (Å²) in [4.78, 5) is 32.0. The lowest BCUT2D eigenvalue weighted by molar-refractivity contribution is -0.122. The highest BCUT2D eigenvalue weighted by Gasteiger charge is 2.35. The van der Waals surface area contributed by atoms with Crippen LogP contribution in [0.25, 0.3) is 11.9 Å². The van der Waals surface area contributed by atoms with Crippen molar-refractivity contribution in [2.24, 2.45) is 0 Å². The third-order valence-corrected chi connectivity index (χ3v) is 5.87. The summed E-state index contributed by atoms with van der Waals surface area (Å²) in [5.74, 6) is -0.156. The molecule has 6 nitrogen and oxygen atoms in total. The summed E-state index contributed by atoms with van der Waals surface area (Å²) in [5.41, 5.74) is 6.37. The van der Waals surface area contributed by atoms with Gasteiger partial charge in [0.1, 0.15) is 11.4 Å². The molecule has 162 valence electrons. The third kappa shape index (κ3) is 3.76. The summed E-state index contributed by atoms with van der Waals surface area (Å²) in [6.07, 6.45) is 3.44. The highest BCUT2D eigenvalue weighted by atomic mass is 32.1. The monoisotopic (exact) mass is 444 g/mol. The lowest BCUT2D eigenvalue weighted by atomic mass is 10.0. The number of nitrogens with one attached hydrogen (secondary N) is 1. The van der Waals surface area contributed by atoms with Gasteiger partial charge in [0.15, 0.2) is 5.11 Å². The Bertz CT molecular complexity index is 1300. The van der Waals surface area contributed by atoms with Gasteiger partial charge in [0.25, 0.3) is 11.8 Å². The Morgan fingerprint density at radius 3 is 2.34 bits per heavy atom. The van der Waals surface area contributed by atoms with Crippen LogP contribution in [0.15, 0.2) is 48.2 Å². The fourth-order valence-electron chi connectivity index (χ4n) is 3.97. The maximum absolute atomic E-state index is 13.4. The minimum Gasteiger partial charge on any atom is -0.303 e. The largest absolute Gasteiger partial charge is 0.303 e. The molecule has 0 aliphatic carbocycles. The molecule has 2 aromatic heterocycles. The number of rotatable bonds is 3. The van der Waals surface area contributed by atoms with E-state index in [2.05, 4.69) is 10.3 Å². The number of pyridine rings is 1. The predicted molar refractivity (Wildman–Crippen MR) is 130 cm³/mol. The number of nitrogens with zero attached hydrogens (tertiary/aromatic N) is 3. The Labute approximate surface area is 192 Å². The first-order valence-electron chi connectivity index (χ1n) is 10.3. The summed E-state index contributed by atoms with van der Waals surface area (Å²) in [5, 5.41) is 2.74. The van der Waals surface area contributed by atoms with Gasteiger partial charge >= 0.3 is 0 Å². The SMILES string of the molecule is Cc1ccc(-n2c(C)cc(/C=C3\C(=O)NC(=S)N(c4ccc(C)cc4C)C3=O)c2C)nc1. The summed E-state index contributed by atoms with van der Waals surface area (Å²) in [7, 11) is 0. The number of carbonyl (C=O) groups is 2. The van der Waals surface area contributed by atoms with Gasteiger partial charge in [0, 0.05) is 17.6 Å². The van der Waals surface area contributed by atoms with Crippen molar-refractivity contribution in [1.29, 1.82) is 0 Å². The Balaban J connectivity index is 1.77. The Morgan fingerprint density at radius 1 is 0.969 bits per heavy atom. The van der Waals surface area contributed by atoms with Crippen molar-refractivity contribution in [1.82, 2.24) is 14.9 Å². The highest BCUT2D eigenvalue weighted by Crippen LogP contribution is 2.28. The van der Waals surface area contributed by atoms with E-state index < -0.39 is 11.8 Å². The molecule has 0 radical (unpaired) electrons. The third-order valence-electron chi connectivity index (χ3n) is 5.59. The summed E-state index contributed by atoms with van der Waals surface area (Å²) in [6.45, 7) is 9.80. The number of aryl methyl sites for hydroxylation is 4. The molecule has 32 heavy (non-hydrogen) atoms. The van der Waals surface area contributed by atoms with Crippen LogP contribution >= 0.6 is 12.2 Å². The van der Waals surface area contributed by atoms with Crippen molar-refractivity contribution in [2.75, 3.05) is 4.90 Å². The molecule has 3 heterocycles. The maximum atomic E-state index is 13.4. The van der Waals surface area contributed by atoms with Crippen molar-refractivity contribution in [2.45, 2.75) is 34.6 Å². The van der Waals surface area contributed by atoms with Crippen molar-refractivity contribution >= 4 is 40.9 Å². The summed E-state index contributed by atoms with van der Waals surface area (Å²) < 4.78 is 2.00. The normalized spacial score (nSPS) is 15.5. The van der Waals surface area contributed by atoms with Crippen molar-refractivity contribution in [3.63, 3.8) is 0 Å². The fourth-order valence-corrected chi connectivity index (χ4v) is 4.24. The zero-order valence-corrected chi connectivity index (χ0v) is 19.5. The zero-order valence-electron chi connectivity index (χ0n) is 18.7. The summed E-state index contributed by atoms with van der Waals surface area (Å²) >= 11 is 5.33. The number of benzene rings is 1. The van der Waals surface area contributed by atoms with Crippen LogP contribution in [-0.4, -0.2) is 26.5 Å². The van der Waals surface area contributed by atoms with Gasteiger partial charge in [-0.25, -0.2) is 4.98 Å². The van der Waals surface area contributed by atoms with E-state index in [0.717, 1.165) is 39.5 Å². The minimum absolute atomic E-state index is 0.0377. The molecule has 0 spiro atoms. The highest BCUT2D eigenvalue weighted by molar-refractivity contribution is 7.80. The van der Waals surface area contributed by atoms with Gasteiger partial charge in [-0.2, -0.15) is 0 Å². The molecular weight excluding hydrogens is 420 g/mol. The van der Waals surface area contributed by atoms with E-state index in [1.54, 1.807) is 6.08 Å². The molecule has 1 N–H and O–H groups in total. The van der Waals surface area contributed by atoms with E-state index in [1.807, 2.05) is 81.8 Å². The molecule has 0 saturated carbocycles. The first kappa shape index (κ1) is 21.6. The molecule has 1 aliphatic rings. The Morgan fingerprint density at radius 2 is 1.69 bits per heavy atom. The van der Waals surface area contributed by atoms with E-state index in [1.165, 1.54) is 4.90 Å². The van der Waals surface area contributed by atoms with E-state index in [9.17, 15) is 9.59 Å². The Hall–Kier alpha value is -3.58. The van der Waals surface area contributed by atoms with Crippen LogP contribution in [0.2, 0.25) is 0 Å². The standard InChI is InChI=1S/C25H24N4O2S/c1-14-6-8-21(16(3)10-14)29-24(31)20(23(30)27-25(29)32)12-19-11-17(4)28(18(19)5)22-9-7-15(2)13-26-22/h6-13H,1-5H3,(H,27,30,32)/b20-12+. The van der Waals surface area contributed by atoms with Crippen molar-refractivity contribution < 1.29 is 9.59 Å². The molecule has 0 atom stereocenters. The second kappa shape index (κ2) is 8.16. The van der Waals surface area contributed by atoms with Crippen LogP contribution in [0.5, 0.6) is 0 Å². The van der Waals surface area contributed by atoms with E-state index in [0.29, 0.717) is 5.69 Å². The first-order valence-corrected chi connectivity index (χ1v) is 10.7. The number of anilines is 1. The van der Waals surface area contributed by atoms with Crippen LogP contribution < -0.4 is 10.2 Å². The lowest BCUT2D eigenvalue weighted by Gasteiger charge is -2.30. The number of carbonyl (C=O) groups excluding carboxylic acids is 2. The van der Waals surface area contributed by atoms with Gasteiger partial charge in [-0.15, -0.1) is 0 Å². The van der Waals surface area contributed by atoms with Crippen molar-refractivity contribution in [3.05, 3.63) is 81.8 Å². The lowest BCUT2D eigenvalue weighted by Crippen LogP contribution is -2.54. The molecule has 1 aliphatic heterocycles. The molecule has 1 saturated heterocycles. The Kier molecular flexibility index (Phi) is 5.52. The van der Waals surface area contributed by atoms with Gasteiger partial charge < -0.3 is 4.57 Å². The van der Waals surface area contributed by atoms with Gasteiger partial charge in [-0.3, -0.25) is 19.8 Å². The van der Waals surface area contributed by atoms with E-state index >= 15 is 0 Å². The zero-order chi connectivity index (χ0) is 23.2. The van der Waals surface area contributed by atoms with Crippen LogP contribution in [0.1, 0.15) is 33.6 Å². The predicted octanol–water partition coefficient (Wildman–Crippen LogP) is 4.25. The average molecular weight is 445 g/mol. The van der Waals surface area contributed by atoms with Gasteiger partial charge in [-0.05, 0) is 87.8 Å². The number of amides is 2. The van der Waals surface area contributed by atoms with Gasteiger partial charge in [-0.1, -0.05) is 23.8 Å². The number of thiocarbonyl (C=S) groups is 1. The fraction of sp³-hybridized carbons (Fsp3) is 0.200. The van der Waals surface area contributed by atoms with Crippen LogP contribution in [0.3, 0.4) is 0 Å². The molecule has 7 heteroatoms. The quantitative estimate of drug-likeness (QED) is 0.373. The average Bonchev–Trinajstić information content (AvgIpc) is 3.00. The maximum Gasteiger partial charge on any atom is 0.270 e. The molecule has 3 aromatic rings. The number of aromatic nitrogens is 2. The minimum atomic E-state index is -0.501. The molecule has 0 unspecified atom stereocenters. The molecule has 1 aromatic carbocycles. The van der Waals surface area contributed by atoms with Crippen molar-refractivity contribution in [3.8, 4) is 5.82 Å². The van der Waals surface area contributed by atoms with Gasteiger partial charge in [0.2, 0.25) is 0 Å². The van der Waals surface area contributed by atoms with Crippen LogP contribution in [0.4, 0.5) is 5.69 Å². The van der Waals surface area contributed by atoms with Crippen LogP contribution in [-0.2, 0) is 9.59 Å². The van der Waals surface area contributed by atoms with E-state index in [4.69, 9.17) is 12.2 Å². The number of hydrogen-bond donors (Lipinski definition) is 1. The molecule has 4 rings (SSSR count).